The van der Waals surface area contributed by atoms with Gasteiger partial charge in [0.1, 0.15) is 5.75 Å². The number of rotatable bonds is 5. The van der Waals surface area contributed by atoms with E-state index in [0.717, 1.165) is 26.4 Å². The van der Waals surface area contributed by atoms with Crippen molar-refractivity contribution in [3.8, 4) is 5.75 Å². The summed E-state index contributed by atoms with van der Waals surface area (Å²) in [6.07, 6.45) is 1.76. The highest BCUT2D eigenvalue weighted by Crippen LogP contribution is 2.34. The van der Waals surface area contributed by atoms with Crippen molar-refractivity contribution in [2.75, 3.05) is 7.11 Å². The lowest BCUT2D eigenvalue weighted by Gasteiger charge is -2.08. The summed E-state index contributed by atoms with van der Waals surface area (Å²) in [5, 5.41) is 6.10. The molecule has 2 N–H and O–H groups in total. The minimum absolute atomic E-state index is 0.157. The fourth-order valence-corrected chi connectivity index (χ4v) is 3.93. The molecule has 3 rings (SSSR count). The van der Waals surface area contributed by atoms with Gasteiger partial charge in [-0.15, -0.1) is 0 Å². The number of hydrogen-bond donors (Lipinski definition) is 1. The molecule has 124 valence electrons. The van der Waals surface area contributed by atoms with Crippen molar-refractivity contribution in [2.45, 2.75) is 15.5 Å². The Morgan fingerprint density at radius 3 is 2.54 bits per heavy atom. The fraction of sp³-hybridized carbons (Fsp3) is 0.118. The number of ether oxygens (including phenoxy) is 1. The lowest BCUT2D eigenvalue weighted by Crippen LogP contribution is -2.14. The van der Waals surface area contributed by atoms with Crippen molar-refractivity contribution >= 4 is 32.7 Å². The van der Waals surface area contributed by atoms with Crippen LogP contribution in [-0.2, 0) is 15.8 Å². The van der Waals surface area contributed by atoms with Crippen molar-refractivity contribution in [3.05, 3.63) is 60.3 Å². The first kappa shape index (κ1) is 16.8. The van der Waals surface area contributed by atoms with Crippen LogP contribution in [0.15, 0.2) is 64.5 Å². The van der Waals surface area contributed by atoms with Gasteiger partial charge in [0.15, 0.2) is 0 Å². The molecule has 0 unspecified atom stereocenters. The molecule has 0 radical (unpaired) electrons. The van der Waals surface area contributed by atoms with Crippen LogP contribution in [0.4, 0.5) is 0 Å². The van der Waals surface area contributed by atoms with Crippen LogP contribution in [0, 0.1) is 0 Å². The second kappa shape index (κ2) is 6.80. The molecule has 0 saturated heterocycles. The van der Waals surface area contributed by atoms with E-state index in [9.17, 15) is 8.42 Å². The van der Waals surface area contributed by atoms with Crippen LogP contribution < -0.4 is 9.88 Å². The first-order valence-electron chi connectivity index (χ1n) is 7.15. The standard InChI is InChI=1S/C17H16N2O3S2/c1-22-13-4-7-15-16(10-13)19-9-8-17(15)23-14-5-2-12(3-6-14)11-24(18,20)21/h2-10H,11H2,1H3,(H2,18,20,21). The number of fused-ring (bicyclic) bond motifs is 1. The van der Waals surface area contributed by atoms with E-state index in [1.54, 1.807) is 37.2 Å². The van der Waals surface area contributed by atoms with E-state index in [1.807, 2.05) is 36.4 Å². The Morgan fingerprint density at radius 1 is 1.12 bits per heavy atom. The average molecular weight is 360 g/mol. The van der Waals surface area contributed by atoms with Crippen LogP contribution in [0.1, 0.15) is 5.56 Å². The highest BCUT2D eigenvalue weighted by molar-refractivity contribution is 7.99. The Balaban J connectivity index is 1.87. The predicted octanol–water partition coefficient (Wildman–Crippen LogP) is 3.18. The summed E-state index contributed by atoms with van der Waals surface area (Å²) in [6.45, 7) is 0. The molecule has 1 aromatic heterocycles. The van der Waals surface area contributed by atoms with Crippen molar-refractivity contribution in [3.63, 3.8) is 0 Å². The van der Waals surface area contributed by atoms with E-state index < -0.39 is 10.0 Å². The van der Waals surface area contributed by atoms with Gasteiger partial charge in [-0.2, -0.15) is 0 Å². The van der Waals surface area contributed by atoms with Crippen LogP contribution in [0.5, 0.6) is 5.75 Å². The molecule has 0 aliphatic heterocycles. The van der Waals surface area contributed by atoms with Gasteiger partial charge in [-0.25, -0.2) is 13.6 Å². The highest BCUT2D eigenvalue weighted by Gasteiger charge is 2.07. The van der Waals surface area contributed by atoms with Gasteiger partial charge in [0.05, 0.1) is 18.4 Å². The van der Waals surface area contributed by atoms with Crippen molar-refractivity contribution < 1.29 is 13.2 Å². The number of nitrogens with zero attached hydrogens (tertiary/aromatic N) is 1. The van der Waals surface area contributed by atoms with Gasteiger partial charge in [-0.1, -0.05) is 23.9 Å². The number of primary sulfonamides is 1. The molecule has 5 nitrogen and oxygen atoms in total. The second-order valence-electron chi connectivity index (χ2n) is 5.25. The molecule has 2 aromatic carbocycles. The summed E-state index contributed by atoms with van der Waals surface area (Å²) >= 11 is 1.60. The van der Waals surface area contributed by atoms with Gasteiger partial charge in [-0.05, 0) is 35.9 Å². The lowest BCUT2D eigenvalue weighted by molar-refractivity contribution is 0.415. The number of aromatic nitrogens is 1. The third-order valence-electron chi connectivity index (χ3n) is 3.43. The van der Waals surface area contributed by atoms with Crippen molar-refractivity contribution in [1.29, 1.82) is 0 Å². The maximum atomic E-state index is 11.1. The zero-order valence-electron chi connectivity index (χ0n) is 13.0. The van der Waals surface area contributed by atoms with Crippen molar-refractivity contribution in [2.24, 2.45) is 5.14 Å². The third kappa shape index (κ3) is 4.05. The molecule has 0 fully saturated rings. The van der Waals surface area contributed by atoms with Gasteiger partial charge in [-0.3, -0.25) is 4.98 Å². The highest BCUT2D eigenvalue weighted by atomic mass is 32.2. The Morgan fingerprint density at radius 2 is 1.88 bits per heavy atom. The first-order valence-corrected chi connectivity index (χ1v) is 9.68. The molecular weight excluding hydrogens is 344 g/mol. The molecule has 0 atom stereocenters. The molecule has 0 saturated carbocycles. The van der Waals surface area contributed by atoms with E-state index in [0.29, 0.717) is 5.56 Å². The third-order valence-corrected chi connectivity index (χ3v) is 5.25. The van der Waals surface area contributed by atoms with E-state index in [4.69, 9.17) is 9.88 Å². The summed E-state index contributed by atoms with van der Waals surface area (Å²) in [5.41, 5.74) is 1.54. The second-order valence-corrected chi connectivity index (χ2v) is 7.98. The number of nitrogens with two attached hydrogens (primary N) is 1. The molecule has 0 bridgehead atoms. The smallest absolute Gasteiger partial charge is 0.213 e. The zero-order valence-corrected chi connectivity index (χ0v) is 14.6. The van der Waals surface area contributed by atoms with Crippen LogP contribution in [0.3, 0.4) is 0 Å². The Labute approximate surface area is 144 Å². The minimum atomic E-state index is -3.51. The van der Waals surface area contributed by atoms with Crippen LogP contribution in [0.25, 0.3) is 10.9 Å². The zero-order chi connectivity index (χ0) is 17.2. The summed E-state index contributed by atoms with van der Waals surface area (Å²) in [5.74, 6) is 0.611. The Kier molecular flexibility index (Phi) is 4.75. The molecule has 0 aliphatic rings. The topological polar surface area (TPSA) is 82.3 Å². The number of methoxy groups -OCH3 is 1. The molecule has 0 spiro atoms. The SMILES string of the molecule is COc1ccc2c(Sc3ccc(CS(N)(=O)=O)cc3)ccnc2c1. The number of pyridine rings is 1. The van der Waals surface area contributed by atoms with Crippen LogP contribution in [-0.4, -0.2) is 20.5 Å². The average Bonchev–Trinajstić information content (AvgIpc) is 2.55. The molecular formula is C17H16N2O3S2. The summed E-state index contributed by atoms with van der Waals surface area (Å²) in [7, 11) is -1.88. The molecule has 0 aliphatic carbocycles. The summed E-state index contributed by atoms with van der Waals surface area (Å²) < 4.78 is 27.5. The molecule has 7 heteroatoms. The number of sulfonamides is 1. The van der Waals surface area contributed by atoms with Crippen LogP contribution >= 0.6 is 11.8 Å². The largest absolute Gasteiger partial charge is 0.497 e. The first-order chi connectivity index (χ1) is 11.4. The number of benzene rings is 2. The Bertz CT molecular complexity index is 971. The molecule has 1 heterocycles. The van der Waals surface area contributed by atoms with E-state index in [2.05, 4.69) is 4.98 Å². The molecule has 0 amide bonds. The van der Waals surface area contributed by atoms with Crippen LogP contribution in [0.2, 0.25) is 0 Å². The molecule has 24 heavy (non-hydrogen) atoms. The van der Waals surface area contributed by atoms with E-state index >= 15 is 0 Å². The maximum absolute atomic E-state index is 11.1. The fourth-order valence-electron chi connectivity index (χ4n) is 2.33. The van der Waals surface area contributed by atoms with Gasteiger partial charge in [0.2, 0.25) is 10.0 Å². The minimum Gasteiger partial charge on any atom is -0.497 e. The number of hydrogen-bond acceptors (Lipinski definition) is 5. The van der Waals surface area contributed by atoms with Crippen molar-refractivity contribution in [1.82, 2.24) is 4.98 Å². The predicted molar refractivity (Wildman–Crippen MR) is 95.7 cm³/mol. The quantitative estimate of drug-likeness (QED) is 0.756. The molecule has 3 aromatic rings. The van der Waals surface area contributed by atoms with E-state index in [-0.39, 0.29) is 5.75 Å². The maximum Gasteiger partial charge on any atom is 0.213 e. The Hall–Kier alpha value is -2.09. The lowest BCUT2D eigenvalue weighted by atomic mass is 10.2. The van der Waals surface area contributed by atoms with Gasteiger partial charge >= 0.3 is 0 Å². The summed E-state index contributed by atoms with van der Waals surface area (Å²) in [4.78, 5) is 6.45. The van der Waals surface area contributed by atoms with Gasteiger partial charge in [0.25, 0.3) is 0 Å². The van der Waals surface area contributed by atoms with E-state index in [1.165, 1.54) is 0 Å². The van der Waals surface area contributed by atoms with Gasteiger partial charge < -0.3 is 4.74 Å². The van der Waals surface area contributed by atoms with Gasteiger partial charge in [0, 0.05) is 27.4 Å². The normalized spacial score (nSPS) is 11.6. The summed E-state index contributed by atoms with van der Waals surface area (Å²) in [6, 6.07) is 15.1. The monoisotopic (exact) mass is 360 g/mol.